The second-order valence-electron chi connectivity index (χ2n) is 7.65. The van der Waals surface area contributed by atoms with Gasteiger partial charge in [0.25, 0.3) is 10.0 Å². The number of carbonyl (C=O) groups excluding carboxylic acids is 1. The van der Waals surface area contributed by atoms with Crippen molar-refractivity contribution in [3.63, 3.8) is 0 Å². The molecule has 0 saturated heterocycles. The lowest BCUT2D eigenvalue weighted by Crippen LogP contribution is -2.41. The number of amides is 1. The number of carbonyl (C=O) groups is 1. The fraction of sp³-hybridized carbons (Fsp3) is 0.269. The smallest absolute Gasteiger partial charge is 0.264 e. The Bertz CT molecular complexity index is 1230. The molecule has 186 valence electrons. The van der Waals surface area contributed by atoms with Crippen LogP contribution in [0.15, 0.2) is 77.7 Å². The predicted molar refractivity (Wildman–Crippen MR) is 135 cm³/mol. The molecule has 9 heteroatoms. The Morgan fingerprint density at radius 3 is 2.20 bits per heavy atom. The fourth-order valence-electron chi connectivity index (χ4n) is 3.58. The number of para-hydroxylation sites is 1. The van der Waals surface area contributed by atoms with Crippen molar-refractivity contribution in [1.29, 1.82) is 0 Å². The Balaban J connectivity index is 1.87. The topological polar surface area (TPSA) is 94.2 Å². The molecule has 1 N–H and O–H groups in total. The third kappa shape index (κ3) is 6.24. The average molecular weight is 499 g/mol. The van der Waals surface area contributed by atoms with Gasteiger partial charge >= 0.3 is 0 Å². The van der Waals surface area contributed by atoms with Crippen molar-refractivity contribution in [2.24, 2.45) is 0 Å². The van der Waals surface area contributed by atoms with E-state index in [0.717, 1.165) is 4.31 Å². The summed E-state index contributed by atoms with van der Waals surface area (Å²) in [6.45, 7) is 3.71. The normalized spacial score (nSPS) is 11.9. The Labute approximate surface area is 206 Å². The van der Waals surface area contributed by atoms with Crippen LogP contribution in [0, 0.1) is 0 Å². The Morgan fingerprint density at radius 1 is 0.943 bits per heavy atom. The summed E-state index contributed by atoms with van der Waals surface area (Å²) in [6.07, 6.45) is 0. The van der Waals surface area contributed by atoms with Crippen molar-refractivity contribution in [3.8, 4) is 17.2 Å². The monoisotopic (exact) mass is 498 g/mol. The molecule has 1 atom stereocenters. The van der Waals surface area contributed by atoms with Crippen molar-refractivity contribution in [3.05, 3.63) is 78.4 Å². The maximum atomic E-state index is 13.5. The molecule has 1 amide bonds. The number of nitrogens with one attached hydrogen (secondary N) is 1. The van der Waals surface area contributed by atoms with Gasteiger partial charge in [-0.1, -0.05) is 18.2 Å². The van der Waals surface area contributed by atoms with Crippen LogP contribution in [0.5, 0.6) is 17.2 Å². The summed E-state index contributed by atoms with van der Waals surface area (Å²) in [5.41, 5.74) is 1.09. The first-order valence-corrected chi connectivity index (χ1v) is 12.6. The molecule has 0 fully saturated rings. The zero-order valence-electron chi connectivity index (χ0n) is 20.2. The molecule has 0 aliphatic rings. The third-order valence-electron chi connectivity index (χ3n) is 5.33. The van der Waals surface area contributed by atoms with Crippen LogP contribution in [0.3, 0.4) is 0 Å². The van der Waals surface area contributed by atoms with Crippen LogP contribution in [0.4, 0.5) is 5.69 Å². The van der Waals surface area contributed by atoms with Crippen LogP contribution in [0.25, 0.3) is 0 Å². The van der Waals surface area contributed by atoms with Gasteiger partial charge in [-0.3, -0.25) is 9.10 Å². The Morgan fingerprint density at radius 2 is 1.60 bits per heavy atom. The second kappa shape index (κ2) is 11.6. The Kier molecular flexibility index (Phi) is 8.59. The molecular weight excluding hydrogens is 468 g/mol. The van der Waals surface area contributed by atoms with E-state index in [1.165, 1.54) is 12.1 Å². The highest BCUT2D eigenvalue weighted by Gasteiger charge is 2.28. The molecule has 0 saturated carbocycles. The molecule has 3 rings (SSSR count). The van der Waals surface area contributed by atoms with E-state index < -0.39 is 28.5 Å². The molecule has 0 unspecified atom stereocenters. The first-order valence-electron chi connectivity index (χ1n) is 11.1. The van der Waals surface area contributed by atoms with E-state index in [1.807, 2.05) is 6.92 Å². The van der Waals surface area contributed by atoms with Gasteiger partial charge in [0.2, 0.25) is 5.91 Å². The maximum Gasteiger partial charge on any atom is 0.264 e. The molecule has 8 nitrogen and oxygen atoms in total. The highest BCUT2D eigenvalue weighted by Crippen LogP contribution is 2.30. The van der Waals surface area contributed by atoms with Gasteiger partial charge in [0, 0.05) is 5.56 Å². The number of ether oxygens (including phenoxy) is 3. The van der Waals surface area contributed by atoms with Crippen molar-refractivity contribution < 1.29 is 27.4 Å². The van der Waals surface area contributed by atoms with Crippen LogP contribution in [0.1, 0.15) is 25.5 Å². The summed E-state index contributed by atoms with van der Waals surface area (Å²) >= 11 is 0. The summed E-state index contributed by atoms with van der Waals surface area (Å²) in [6, 6.07) is 19.5. The van der Waals surface area contributed by atoms with Gasteiger partial charge < -0.3 is 19.5 Å². The summed E-state index contributed by atoms with van der Waals surface area (Å²) in [4.78, 5) is 13.1. The van der Waals surface area contributed by atoms with Gasteiger partial charge in [-0.15, -0.1) is 0 Å². The number of hydrogen-bond donors (Lipinski definition) is 1. The largest absolute Gasteiger partial charge is 0.497 e. The van der Waals surface area contributed by atoms with Crippen LogP contribution in [0.2, 0.25) is 0 Å². The maximum absolute atomic E-state index is 13.5. The standard InChI is InChI=1S/C26H30N2O6S/c1-5-34-21-11-14-23(15-12-21)35(30,31)28(20-9-7-6-8-10-20)18-26(29)27-19(2)24-17-22(32-3)13-16-25(24)33-4/h6-17,19H,5,18H2,1-4H3,(H,27,29)/t19-/m0/s1. The number of nitrogens with zero attached hydrogens (tertiary/aromatic N) is 1. The molecule has 0 aliphatic heterocycles. The minimum atomic E-state index is -4.03. The third-order valence-corrected chi connectivity index (χ3v) is 7.12. The average Bonchev–Trinajstić information content (AvgIpc) is 2.87. The molecule has 0 radical (unpaired) electrons. The first kappa shape index (κ1) is 25.9. The minimum absolute atomic E-state index is 0.0557. The van der Waals surface area contributed by atoms with Gasteiger partial charge in [-0.2, -0.15) is 0 Å². The molecule has 3 aromatic rings. The lowest BCUT2D eigenvalue weighted by molar-refractivity contribution is -0.120. The van der Waals surface area contributed by atoms with Crippen LogP contribution >= 0.6 is 0 Å². The SMILES string of the molecule is CCOc1ccc(S(=O)(=O)N(CC(=O)N[C@@H](C)c2cc(OC)ccc2OC)c2ccccc2)cc1. The molecular formula is C26H30N2O6S. The van der Waals surface area contributed by atoms with E-state index in [4.69, 9.17) is 14.2 Å². The van der Waals surface area contributed by atoms with Gasteiger partial charge in [0.1, 0.15) is 23.8 Å². The predicted octanol–water partition coefficient (Wildman–Crippen LogP) is 4.18. The molecule has 0 spiro atoms. The van der Waals surface area contributed by atoms with Gasteiger partial charge in [0.15, 0.2) is 0 Å². The van der Waals surface area contributed by atoms with Crippen LogP contribution in [-0.2, 0) is 14.8 Å². The lowest BCUT2D eigenvalue weighted by atomic mass is 10.1. The lowest BCUT2D eigenvalue weighted by Gasteiger charge is -2.25. The van der Waals surface area contributed by atoms with Crippen molar-refractivity contribution in [2.75, 3.05) is 31.7 Å². The van der Waals surface area contributed by atoms with E-state index >= 15 is 0 Å². The zero-order chi connectivity index (χ0) is 25.4. The van der Waals surface area contributed by atoms with E-state index in [2.05, 4.69) is 5.32 Å². The van der Waals surface area contributed by atoms with E-state index in [9.17, 15) is 13.2 Å². The van der Waals surface area contributed by atoms with Crippen molar-refractivity contribution >= 4 is 21.6 Å². The number of hydrogen-bond acceptors (Lipinski definition) is 6. The summed E-state index contributed by atoms with van der Waals surface area (Å²) in [5.74, 6) is 1.30. The summed E-state index contributed by atoms with van der Waals surface area (Å²) in [7, 11) is -0.937. The van der Waals surface area contributed by atoms with Crippen molar-refractivity contribution in [2.45, 2.75) is 24.8 Å². The Hall–Kier alpha value is -3.72. The van der Waals surface area contributed by atoms with E-state index in [-0.39, 0.29) is 4.90 Å². The van der Waals surface area contributed by atoms with E-state index in [1.54, 1.807) is 81.8 Å². The highest BCUT2D eigenvalue weighted by atomic mass is 32.2. The number of anilines is 1. The molecule has 3 aromatic carbocycles. The molecule has 35 heavy (non-hydrogen) atoms. The number of methoxy groups -OCH3 is 2. The zero-order valence-corrected chi connectivity index (χ0v) is 21.0. The van der Waals surface area contributed by atoms with Crippen molar-refractivity contribution in [1.82, 2.24) is 5.32 Å². The van der Waals surface area contributed by atoms with E-state index in [0.29, 0.717) is 35.1 Å². The van der Waals surface area contributed by atoms with Gasteiger partial charge in [-0.05, 0) is 68.4 Å². The van der Waals surface area contributed by atoms with Gasteiger partial charge in [0.05, 0.1) is 37.5 Å². The molecule has 0 bridgehead atoms. The summed E-state index contributed by atoms with van der Waals surface area (Å²) < 4.78 is 44.3. The second-order valence-corrected chi connectivity index (χ2v) is 9.51. The quantitative estimate of drug-likeness (QED) is 0.426. The molecule has 0 heterocycles. The highest BCUT2D eigenvalue weighted by molar-refractivity contribution is 7.92. The fourth-order valence-corrected chi connectivity index (χ4v) is 5.01. The first-order chi connectivity index (χ1) is 16.8. The number of rotatable bonds is 11. The van der Waals surface area contributed by atoms with Gasteiger partial charge in [-0.25, -0.2) is 8.42 Å². The molecule has 0 aliphatic carbocycles. The number of sulfonamides is 1. The summed E-state index contributed by atoms with van der Waals surface area (Å²) in [5, 5.41) is 2.87. The van der Waals surface area contributed by atoms with Crippen LogP contribution in [-0.4, -0.2) is 41.7 Å². The molecule has 0 aromatic heterocycles. The number of benzene rings is 3. The minimum Gasteiger partial charge on any atom is -0.497 e. The van der Waals surface area contributed by atoms with Crippen LogP contribution < -0.4 is 23.8 Å².